The van der Waals surface area contributed by atoms with Gasteiger partial charge in [-0.15, -0.1) is 11.3 Å². The summed E-state index contributed by atoms with van der Waals surface area (Å²) < 4.78 is 5.41. The van der Waals surface area contributed by atoms with Crippen LogP contribution < -0.4 is 5.32 Å². The largest absolute Gasteiger partial charge is 0.444 e. The Bertz CT molecular complexity index is 843. The number of nitrogens with one attached hydrogen (secondary N) is 1. The molecule has 1 aliphatic carbocycles. The van der Waals surface area contributed by atoms with E-state index in [1.165, 1.54) is 28.2 Å². The summed E-state index contributed by atoms with van der Waals surface area (Å²) in [6.45, 7) is 5.88. The number of thiophene rings is 1. The average molecular weight is 401 g/mol. The lowest BCUT2D eigenvalue weighted by atomic mass is 9.99. The third-order valence-corrected chi connectivity index (χ3v) is 5.83. The van der Waals surface area contributed by atoms with Crippen LogP contribution in [0, 0.1) is 0 Å². The van der Waals surface area contributed by atoms with Crippen LogP contribution in [0.3, 0.4) is 0 Å². The van der Waals surface area contributed by atoms with Crippen LogP contribution in [0.4, 0.5) is 10.5 Å². The van der Waals surface area contributed by atoms with Crippen molar-refractivity contribution in [2.24, 2.45) is 0 Å². The van der Waals surface area contributed by atoms with Crippen molar-refractivity contribution in [1.82, 2.24) is 4.90 Å². The number of para-hydroxylation sites is 1. The highest BCUT2D eigenvalue weighted by Crippen LogP contribution is 2.30. The molecule has 6 heteroatoms. The van der Waals surface area contributed by atoms with Crippen LogP contribution in [-0.4, -0.2) is 29.5 Å². The van der Waals surface area contributed by atoms with Crippen LogP contribution in [0.15, 0.2) is 30.3 Å². The first kappa shape index (κ1) is 20.4. The van der Waals surface area contributed by atoms with Gasteiger partial charge in [0.2, 0.25) is 0 Å². The molecule has 2 aromatic rings. The monoisotopic (exact) mass is 400 g/mol. The van der Waals surface area contributed by atoms with E-state index in [1.807, 2.05) is 51.1 Å². The summed E-state index contributed by atoms with van der Waals surface area (Å²) in [6.07, 6.45) is 4.15. The second-order valence-electron chi connectivity index (χ2n) is 8.21. The number of nitrogens with zero attached hydrogens (tertiary/aromatic N) is 1. The predicted octanol–water partition coefficient (Wildman–Crippen LogP) is 5.25. The molecule has 1 aromatic heterocycles. The minimum absolute atomic E-state index is 0.0910. The van der Waals surface area contributed by atoms with Crippen LogP contribution in [0.2, 0.25) is 0 Å². The van der Waals surface area contributed by atoms with Crippen molar-refractivity contribution in [1.29, 1.82) is 0 Å². The van der Waals surface area contributed by atoms with Crippen LogP contribution in [0.1, 0.15) is 59.3 Å². The average Bonchev–Trinajstić information content (AvgIpc) is 3.06. The van der Waals surface area contributed by atoms with E-state index in [1.54, 1.807) is 18.4 Å². The van der Waals surface area contributed by atoms with Gasteiger partial charge in [0.15, 0.2) is 0 Å². The normalized spacial score (nSPS) is 13.6. The van der Waals surface area contributed by atoms with Gasteiger partial charge in [0.05, 0.1) is 11.4 Å². The van der Waals surface area contributed by atoms with Gasteiger partial charge in [0.1, 0.15) is 5.60 Å². The van der Waals surface area contributed by atoms with Crippen LogP contribution in [-0.2, 0) is 24.1 Å². The van der Waals surface area contributed by atoms with Gasteiger partial charge >= 0.3 is 6.09 Å². The molecule has 0 radical (unpaired) electrons. The molecule has 0 fully saturated rings. The first-order valence-corrected chi connectivity index (χ1v) is 10.5. The number of carbonyl (C=O) groups is 2. The molecule has 0 aliphatic heterocycles. The fourth-order valence-corrected chi connectivity index (χ4v) is 4.38. The Hall–Kier alpha value is -2.34. The zero-order valence-corrected chi connectivity index (χ0v) is 17.8. The highest BCUT2D eigenvalue weighted by molar-refractivity contribution is 7.14. The number of hydrogen-bond acceptors (Lipinski definition) is 4. The number of ether oxygens (including phenoxy) is 1. The third-order valence-electron chi connectivity index (χ3n) is 4.60. The number of anilines is 1. The van der Waals surface area contributed by atoms with Crippen LogP contribution in [0.25, 0.3) is 0 Å². The van der Waals surface area contributed by atoms with Gasteiger partial charge < -0.3 is 15.0 Å². The third kappa shape index (κ3) is 5.13. The van der Waals surface area contributed by atoms with Crippen molar-refractivity contribution in [3.05, 3.63) is 51.2 Å². The Morgan fingerprint density at radius 1 is 1.18 bits per heavy atom. The van der Waals surface area contributed by atoms with Crippen molar-refractivity contribution in [3.63, 3.8) is 0 Å². The summed E-state index contributed by atoms with van der Waals surface area (Å²) >= 11 is 1.60. The van der Waals surface area contributed by atoms with Gasteiger partial charge in [-0.3, -0.25) is 4.79 Å². The van der Waals surface area contributed by atoms with E-state index in [2.05, 4.69) is 5.32 Å². The molecular weight excluding hydrogens is 372 g/mol. The SMILES string of the molecule is CN(Cc1ccccc1NC(=O)c1cc2c(s1)CCCC2)C(=O)OC(C)(C)C. The maximum atomic E-state index is 12.8. The number of hydrogen-bond donors (Lipinski definition) is 1. The highest BCUT2D eigenvalue weighted by Gasteiger charge is 2.21. The molecule has 0 unspecified atom stereocenters. The molecule has 0 spiro atoms. The van der Waals surface area contributed by atoms with Gasteiger partial charge in [0, 0.05) is 17.6 Å². The summed E-state index contributed by atoms with van der Waals surface area (Å²) in [5.74, 6) is -0.0910. The van der Waals surface area contributed by atoms with Gasteiger partial charge in [0.25, 0.3) is 5.91 Å². The lowest BCUT2D eigenvalue weighted by Gasteiger charge is -2.25. The quantitative estimate of drug-likeness (QED) is 0.763. The van der Waals surface area contributed by atoms with Gasteiger partial charge in [-0.1, -0.05) is 18.2 Å². The fourth-order valence-electron chi connectivity index (χ4n) is 3.23. The minimum Gasteiger partial charge on any atom is -0.444 e. The number of benzene rings is 1. The number of aryl methyl sites for hydroxylation is 2. The maximum Gasteiger partial charge on any atom is 0.410 e. The van der Waals surface area contributed by atoms with Crippen molar-refractivity contribution in [3.8, 4) is 0 Å². The minimum atomic E-state index is -0.544. The van der Waals surface area contributed by atoms with Crippen molar-refractivity contribution < 1.29 is 14.3 Å². The standard InChI is InChI=1S/C22H28N2O3S/c1-22(2,3)27-21(26)24(4)14-16-10-5-7-11-17(16)23-20(25)19-13-15-9-6-8-12-18(15)28-19/h5,7,10-11,13H,6,8-9,12,14H2,1-4H3,(H,23,25). The lowest BCUT2D eigenvalue weighted by Crippen LogP contribution is -2.34. The Morgan fingerprint density at radius 2 is 1.89 bits per heavy atom. The van der Waals surface area contributed by atoms with E-state index in [0.29, 0.717) is 12.2 Å². The number of rotatable bonds is 4. The smallest absolute Gasteiger partial charge is 0.410 e. The molecule has 28 heavy (non-hydrogen) atoms. The second kappa shape index (κ2) is 8.35. The van der Waals surface area contributed by atoms with E-state index in [-0.39, 0.29) is 12.0 Å². The topological polar surface area (TPSA) is 58.6 Å². The maximum absolute atomic E-state index is 12.8. The number of fused-ring (bicyclic) bond motifs is 1. The van der Waals surface area contributed by atoms with Gasteiger partial charge in [-0.05, 0) is 69.7 Å². The first-order chi connectivity index (χ1) is 13.2. The van der Waals surface area contributed by atoms with Crippen LogP contribution >= 0.6 is 11.3 Å². The van der Waals surface area contributed by atoms with Gasteiger partial charge in [-0.25, -0.2) is 4.79 Å². The summed E-state index contributed by atoms with van der Waals surface area (Å²) in [7, 11) is 1.69. The Morgan fingerprint density at radius 3 is 2.61 bits per heavy atom. The molecule has 0 bridgehead atoms. The number of carbonyl (C=O) groups excluding carboxylic acids is 2. The fraction of sp³-hybridized carbons (Fsp3) is 0.455. The second-order valence-corrected chi connectivity index (χ2v) is 9.35. The zero-order valence-electron chi connectivity index (χ0n) is 17.0. The van der Waals surface area contributed by atoms with Crippen molar-refractivity contribution in [2.75, 3.05) is 12.4 Å². The molecule has 0 atom stereocenters. The summed E-state index contributed by atoms with van der Waals surface area (Å²) in [5.41, 5.74) is 2.36. The Kier molecular flexibility index (Phi) is 6.08. The van der Waals surface area contributed by atoms with E-state index >= 15 is 0 Å². The molecule has 3 rings (SSSR count). The number of amides is 2. The van der Waals surface area contributed by atoms with E-state index in [9.17, 15) is 9.59 Å². The molecule has 1 aromatic carbocycles. The van der Waals surface area contributed by atoms with Gasteiger partial charge in [-0.2, -0.15) is 0 Å². The molecule has 0 saturated heterocycles. The van der Waals surface area contributed by atoms with E-state index < -0.39 is 5.60 Å². The molecule has 150 valence electrons. The molecule has 1 heterocycles. The molecule has 1 N–H and O–H groups in total. The van der Waals surface area contributed by atoms with E-state index in [4.69, 9.17) is 4.74 Å². The predicted molar refractivity (Wildman–Crippen MR) is 113 cm³/mol. The Labute approximate surface area is 170 Å². The molecule has 5 nitrogen and oxygen atoms in total. The van der Waals surface area contributed by atoms with Crippen LogP contribution in [0.5, 0.6) is 0 Å². The highest BCUT2D eigenvalue weighted by atomic mass is 32.1. The first-order valence-electron chi connectivity index (χ1n) is 9.68. The zero-order chi connectivity index (χ0) is 20.3. The molecule has 1 aliphatic rings. The molecule has 0 saturated carbocycles. The Balaban J connectivity index is 1.70. The lowest BCUT2D eigenvalue weighted by molar-refractivity contribution is 0.0285. The van der Waals surface area contributed by atoms with E-state index in [0.717, 1.165) is 23.3 Å². The summed E-state index contributed by atoms with van der Waals surface area (Å²) in [5, 5.41) is 3.02. The molecular formula is C22H28N2O3S. The summed E-state index contributed by atoms with van der Waals surface area (Å²) in [4.78, 5) is 28.6. The molecule has 2 amide bonds. The van der Waals surface area contributed by atoms with Crippen molar-refractivity contribution >= 4 is 29.0 Å². The summed E-state index contributed by atoms with van der Waals surface area (Å²) in [6, 6.07) is 9.59. The van der Waals surface area contributed by atoms with Crippen molar-refractivity contribution in [2.45, 2.75) is 58.6 Å².